The van der Waals surface area contributed by atoms with Crippen LogP contribution in [0.15, 0.2) is 18.2 Å². The fourth-order valence-corrected chi connectivity index (χ4v) is 2.95. The van der Waals surface area contributed by atoms with E-state index in [1.165, 1.54) is 12.1 Å². The summed E-state index contributed by atoms with van der Waals surface area (Å²) in [6.07, 6.45) is 0. The van der Waals surface area contributed by atoms with E-state index >= 15 is 0 Å². The van der Waals surface area contributed by atoms with E-state index in [1.54, 1.807) is 13.2 Å². The summed E-state index contributed by atoms with van der Waals surface area (Å²) < 4.78 is 10.4. The maximum atomic E-state index is 12.8. The van der Waals surface area contributed by atoms with Crippen LogP contribution in [-0.2, 0) is 9.47 Å². The Kier molecular flexibility index (Phi) is 7.52. The predicted octanol–water partition coefficient (Wildman–Crippen LogP) is 1.49. The first-order chi connectivity index (χ1) is 12.8. The number of hydrogen-bond acceptors (Lipinski definition) is 7. The molecule has 0 radical (unpaired) electrons. The van der Waals surface area contributed by atoms with Crippen LogP contribution in [0.2, 0.25) is 0 Å². The highest BCUT2D eigenvalue weighted by molar-refractivity contribution is 6.00. The maximum Gasteiger partial charge on any atom is 0.270 e. The molecule has 1 aromatic carbocycles. The number of hydrogen-bond donors (Lipinski definition) is 2. The lowest BCUT2D eigenvalue weighted by atomic mass is 10.0. The van der Waals surface area contributed by atoms with Crippen molar-refractivity contribution in [3.8, 4) is 0 Å². The second-order valence-corrected chi connectivity index (χ2v) is 7.00. The van der Waals surface area contributed by atoms with Crippen molar-refractivity contribution in [2.45, 2.75) is 19.4 Å². The lowest BCUT2D eigenvalue weighted by Gasteiger charge is -2.40. The minimum absolute atomic E-state index is 0.120. The summed E-state index contributed by atoms with van der Waals surface area (Å²) in [6.45, 7) is 8.47. The van der Waals surface area contributed by atoms with Crippen LogP contribution >= 0.6 is 0 Å². The number of nitrogens with one attached hydrogen (secondary N) is 2. The Morgan fingerprint density at radius 2 is 2.07 bits per heavy atom. The first-order valence-electron chi connectivity index (χ1n) is 8.97. The normalized spacial score (nSPS) is 15.4. The van der Waals surface area contributed by atoms with E-state index in [0.717, 1.165) is 13.1 Å². The average Bonchev–Trinajstić information content (AvgIpc) is 2.67. The molecule has 1 aromatic rings. The van der Waals surface area contributed by atoms with E-state index in [4.69, 9.17) is 9.47 Å². The standard InChI is InChI=1S/C18H28N4O5/c1-18(2,21-7-10-27-11-8-21)13-20-17(23)15-12-14(22(24)25)4-5-16(15)19-6-9-26-3/h4-5,12,19H,6-11,13H2,1-3H3,(H,20,23). The number of ether oxygens (including phenoxy) is 2. The number of non-ortho nitro benzene ring substituents is 1. The maximum absolute atomic E-state index is 12.8. The number of carbonyl (C=O) groups excluding carboxylic acids is 1. The van der Waals surface area contributed by atoms with Gasteiger partial charge in [-0.2, -0.15) is 0 Å². The molecule has 0 unspecified atom stereocenters. The van der Waals surface area contributed by atoms with Gasteiger partial charge in [-0.15, -0.1) is 0 Å². The van der Waals surface area contributed by atoms with Crippen LogP contribution in [-0.4, -0.2) is 74.4 Å². The number of morpholine rings is 1. The minimum atomic E-state index is -0.507. The molecule has 1 aliphatic rings. The van der Waals surface area contributed by atoms with Crippen LogP contribution in [0.4, 0.5) is 11.4 Å². The van der Waals surface area contributed by atoms with Gasteiger partial charge in [-0.1, -0.05) is 0 Å². The van der Waals surface area contributed by atoms with Gasteiger partial charge in [0.25, 0.3) is 11.6 Å². The zero-order chi connectivity index (χ0) is 19.9. The molecule has 1 saturated heterocycles. The molecule has 150 valence electrons. The third-order valence-electron chi connectivity index (χ3n) is 4.63. The molecule has 0 aromatic heterocycles. The Hall–Kier alpha value is -2.23. The zero-order valence-corrected chi connectivity index (χ0v) is 16.1. The van der Waals surface area contributed by atoms with Crippen molar-refractivity contribution >= 4 is 17.3 Å². The molecule has 9 nitrogen and oxygen atoms in total. The van der Waals surface area contributed by atoms with Crippen molar-refractivity contribution in [3.05, 3.63) is 33.9 Å². The SMILES string of the molecule is COCCNc1ccc([N+](=O)[O-])cc1C(=O)NCC(C)(C)N1CCOCC1. The quantitative estimate of drug-likeness (QED) is 0.380. The van der Waals surface area contributed by atoms with Crippen molar-refractivity contribution < 1.29 is 19.2 Å². The van der Waals surface area contributed by atoms with Gasteiger partial charge in [-0.25, -0.2) is 0 Å². The molecule has 0 atom stereocenters. The van der Waals surface area contributed by atoms with Gasteiger partial charge in [-0.05, 0) is 19.9 Å². The Morgan fingerprint density at radius 3 is 2.70 bits per heavy atom. The molecular formula is C18H28N4O5. The summed E-state index contributed by atoms with van der Waals surface area (Å²) in [5.41, 5.74) is 0.423. The summed E-state index contributed by atoms with van der Waals surface area (Å²) in [4.78, 5) is 25.6. The molecule has 1 heterocycles. The molecule has 0 bridgehead atoms. The van der Waals surface area contributed by atoms with E-state index in [9.17, 15) is 14.9 Å². The van der Waals surface area contributed by atoms with Crippen LogP contribution in [0.5, 0.6) is 0 Å². The fourth-order valence-electron chi connectivity index (χ4n) is 2.95. The van der Waals surface area contributed by atoms with Gasteiger partial charge in [0.05, 0.1) is 30.3 Å². The minimum Gasteiger partial charge on any atom is -0.383 e. The van der Waals surface area contributed by atoms with Gasteiger partial charge in [0.1, 0.15) is 0 Å². The van der Waals surface area contributed by atoms with Crippen LogP contribution in [0.3, 0.4) is 0 Å². The molecule has 9 heteroatoms. The number of nitro benzene ring substituents is 1. The zero-order valence-electron chi connectivity index (χ0n) is 16.1. The number of carbonyl (C=O) groups is 1. The Bertz CT molecular complexity index is 659. The third kappa shape index (κ3) is 5.88. The van der Waals surface area contributed by atoms with Crippen LogP contribution in [0.1, 0.15) is 24.2 Å². The molecule has 2 rings (SSSR count). The third-order valence-corrected chi connectivity index (χ3v) is 4.63. The highest BCUT2D eigenvalue weighted by Crippen LogP contribution is 2.23. The molecule has 0 spiro atoms. The summed E-state index contributed by atoms with van der Waals surface area (Å²) in [5.74, 6) is -0.347. The molecule has 2 N–H and O–H groups in total. The first-order valence-corrected chi connectivity index (χ1v) is 8.97. The second kappa shape index (κ2) is 9.63. The first kappa shape index (κ1) is 21.1. The molecule has 1 amide bonds. The molecule has 0 aliphatic carbocycles. The van der Waals surface area contributed by atoms with E-state index in [0.29, 0.717) is 38.6 Å². The number of anilines is 1. The van der Waals surface area contributed by atoms with Gasteiger partial charge in [0.2, 0.25) is 0 Å². The van der Waals surface area contributed by atoms with Crippen LogP contribution < -0.4 is 10.6 Å². The lowest BCUT2D eigenvalue weighted by Crippen LogP contribution is -2.55. The smallest absolute Gasteiger partial charge is 0.270 e. The average molecular weight is 380 g/mol. The van der Waals surface area contributed by atoms with E-state index in [1.807, 2.05) is 0 Å². The molecule has 0 saturated carbocycles. The summed E-state index contributed by atoms with van der Waals surface area (Å²) in [5, 5.41) is 17.1. The van der Waals surface area contributed by atoms with Gasteiger partial charge in [0, 0.05) is 56.6 Å². The summed E-state index contributed by atoms with van der Waals surface area (Å²) >= 11 is 0. The molecule has 1 fully saturated rings. The Balaban J connectivity index is 2.10. The van der Waals surface area contributed by atoms with Crippen LogP contribution in [0, 0.1) is 10.1 Å². The van der Waals surface area contributed by atoms with Crippen molar-refractivity contribution in [3.63, 3.8) is 0 Å². The van der Waals surface area contributed by atoms with E-state index in [2.05, 4.69) is 29.4 Å². The topological polar surface area (TPSA) is 106 Å². The number of nitro groups is 1. The fraction of sp³-hybridized carbons (Fsp3) is 0.611. The number of amides is 1. The number of benzene rings is 1. The number of nitrogens with zero attached hydrogens (tertiary/aromatic N) is 2. The summed E-state index contributed by atoms with van der Waals surface area (Å²) in [6, 6.07) is 4.23. The predicted molar refractivity (Wildman–Crippen MR) is 102 cm³/mol. The second-order valence-electron chi connectivity index (χ2n) is 7.00. The van der Waals surface area contributed by atoms with Crippen molar-refractivity contribution in [1.29, 1.82) is 0 Å². The monoisotopic (exact) mass is 380 g/mol. The lowest BCUT2D eigenvalue weighted by molar-refractivity contribution is -0.384. The number of rotatable bonds is 9. The van der Waals surface area contributed by atoms with Gasteiger partial charge < -0.3 is 20.1 Å². The Labute approximate surface area is 159 Å². The van der Waals surface area contributed by atoms with Crippen molar-refractivity contribution in [2.75, 3.05) is 58.4 Å². The van der Waals surface area contributed by atoms with E-state index < -0.39 is 4.92 Å². The largest absolute Gasteiger partial charge is 0.383 e. The van der Waals surface area contributed by atoms with Gasteiger partial charge >= 0.3 is 0 Å². The van der Waals surface area contributed by atoms with E-state index in [-0.39, 0.29) is 22.7 Å². The number of methoxy groups -OCH3 is 1. The highest BCUT2D eigenvalue weighted by Gasteiger charge is 2.29. The van der Waals surface area contributed by atoms with Gasteiger partial charge in [0.15, 0.2) is 0 Å². The van der Waals surface area contributed by atoms with Crippen molar-refractivity contribution in [1.82, 2.24) is 10.2 Å². The highest BCUT2D eigenvalue weighted by atomic mass is 16.6. The molecule has 1 aliphatic heterocycles. The molecular weight excluding hydrogens is 352 g/mol. The molecule has 27 heavy (non-hydrogen) atoms. The van der Waals surface area contributed by atoms with Crippen LogP contribution in [0.25, 0.3) is 0 Å². The van der Waals surface area contributed by atoms with Gasteiger partial charge in [-0.3, -0.25) is 19.8 Å². The Morgan fingerprint density at radius 1 is 1.37 bits per heavy atom. The van der Waals surface area contributed by atoms with Crippen molar-refractivity contribution in [2.24, 2.45) is 0 Å². The summed E-state index contributed by atoms with van der Waals surface area (Å²) in [7, 11) is 1.58.